The minimum absolute atomic E-state index is 0.420. The molecule has 138 valence electrons. The summed E-state index contributed by atoms with van der Waals surface area (Å²) in [7, 11) is 1.36. The average molecular weight is 417 g/mol. The van der Waals surface area contributed by atoms with Crippen molar-refractivity contribution in [3.63, 3.8) is 0 Å². The standard InChI is InChI=1S/C20H17ClN2O2S2/c1-12-17(20(24)25-2)18(16-4-3-9-26-16)15(10-22)19(23-12)27-11-13-5-7-14(21)8-6-13/h3-9,18,23H,11H2,1-2H3/t18-/m1/s1. The van der Waals surface area contributed by atoms with E-state index in [-0.39, 0.29) is 0 Å². The van der Waals surface area contributed by atoms with Crippen molar-refractivity contribution in [1.29, 1.82) is 5.26 Å². The summed E-state index contributed by atoms with van der Waals surface area (Å²) in [6.45, 7) is 1.84. The number of dihydropyridines is 1. The van der Waals surface area contributed by atoms with Crippen LogP contribution in [0.1, 0.15) is 23.3 Å². The van der Waals surface area contributed by atoms with Crippen molar-refractivity contribution < 1.29 is 9.53 Å². The molecule has 4 nitrogen and oxygen atoms in total. The molecule has 0 saturated carbocycles. The van der Waals surface area contributed by atoms with E-state index in [2.05, 4.69) is 11.4 Å². The average Bonchev–Trinajstić information content (AvgIpc) is 3.20. The molecule has 0 radical (unpaired) electrons. The molecule has 0 bridgehead atoms. The van der Waals surface area contributed by atoms with Crippen LogP contribution in [0.3, 0.4) is 0 Å². The number of allylic oxidation sites excluding steroid dienone is 2. The van der Waals surface area contributed by atoms with Gasteiger partial charge in [-0.25, -0.2) is 4.79 Å². The van der Waals surface area contributed by atoms with E-state index in [9.17, 15) is 10.1 Å². The van der Waals surface area contributed by atoms with Crippen LogP contribution in [0.15, 0.2) is 63.7 Å². The van der Waals surface area contributed by atoms with E-state index in [4.69, 9.17) is 16.3 Å². The Kier molecular flexibility index (Phi) is 6.27. The number of hydrogen-bond acceptors (Lipinski definition) is 6. The van der Waals surface area contributed by atoms with E-state index in [1.165, 1.54) is 30.2 Å². The minimum Gasteiger partial charge on any atom is -0.466 e. The summed E-state index contributed by atoms with van der Waals surface area (Å²) >= 11 is 9.00. The van der Waals surface area contributed by atoms with Crippen LogP contribution in [-0.4, -0.2) is 13.1 Å². The summed E-state index contributed by atoms with van der Waals surface area (Å²) in [5.74, 6) is -0.160. The minimum atomic E-state index is -0.423. The van der Waals surface area contributed by atoms with E-state index in [1.807, 2.05) is 48.7 Å². The van der Waals surface area contributed by atoms with E-state index in [0.717, 1.165) is 15.5 Å². The zero-order valence-electron chi connectivity index (χ0n) is 14.8. The number of carbonyl (C=O) groups is 1. The Morgan fingerprint density at radius 1 is 1.37 bits per heavy atom. The number of nitrogens with one attached hydrogen (secondary N) is 1. The molecule has 27 heavy (non-hydrogen) atoms. The summed E-state index contributed by atoms with van der Waals surface area (Å²) in [6, 6.07) is 13.8. The van der Waals surface area contributed by atoms with Crippen LogP contribution in [0.4, 0.5) is 0 Å². The second-order valence-electron chi connectivity index (χ2n) is 5.87. The Labute approximate surface area is 171 Å². The lowest BCUT2D eigenvalue weighted by Crippen LogP contribution is -2.28. The van der Waals surface area contributed by atoms with Crippen molar-refractivity contribution in [2.45, 2.75) is 18.6 Å². The molecule has 2 heterocycles. The summed E-state index contributed by atoms with van der Waals surface area (Å²) < 4.78 is 4.97. The lowest BCUT2D eigenvalue weighted by atomic mass is 9.87. The van der Waals surface area contributed by atoms with Gasteiger partial charge in [0.1, 0.15) is 0 Å². The largest absolute Gasteiger partial charge is 0.466 e. The van der Waals surface area contributed by atoms with Crippen LogP contribution in [0, 0.1) is 11.3 Å². The van der Waals surface area contributed by atoms with Gasteiger partial charge in [-0.2, -0.15) is 5.26 Å². The summed E-state index contributed by atoms with van der Waals surface area (Å²) in [5, 5.41) is 16.5. The fourth-order valence-electron chi connectivity index (χ4n) is 2.88. The van der Waals surface area contributed by atoms with Crippen LogP contribution < -0.4 is 5.32 Å². The highest BCUT2D eigenvalue weighted by Crippen LogP contribution is 2.42. The van der Waals surface area contributed by atoms with Crippen molar-refractivity contribution >= 4 is 40.7 Å². The number of thioether (sulfide) groups is 1. The summed E-state index contributed by atoms with van der Waals surface area (Å²) in [5.41, 5.74) is 2.82. The molecule has 1 N–H and O–H groups in total. The molecule has 0 spiro atoms. The lowest BCUT2D eigenvalue weighted by molar-refractivity contribution is -0.136. The second kappa shape index (κ2) is 8.66. The van der Waals surface area contributed by atoms with Crippen molar-refractivity contribution in [2.75, 3.05) is 7.11 Å². The molecule has 2 aromatic rings. The number of ether oxygens (including phenoxy) is 1. The number of carbonyl (C=O) groups excluding carboxylic acids is 1. The van der Waals surface area contributed by atoms with Crippen LogP contribution in [0.25, 0.3) is 0 Å². The van der Waals surface area contributed by atoms with E-state index in [1.54, 1.807) is 0 Å². The number of hydrogen-bond donors (Lipinski definition) is 1. The van der Waals surface area contributed by atoms with Crippen molar-refractivity contribution in [3.8, 4) is 6.07 Å². The highest BCUT2D eigenvalue weighted by Gasteiger charge is 2.35. The summed E-state index contributed by atoms with van der Waals surface area (Å²) in [4.78, 5) is 13.3. The first-order valence-electron chi connectivity index (χ1n) is 8.16. The number of halogens is 1. The number of nitriles is 1. The fraction of sp³-hybridized carbons (Fsp3) is 0.200. The number of methoxy groups -OCH3 is 1. The molecule has 1 aromatic carbocycles. The van der Waals surface area contributed by atoms with Crippen LogP contribution in [0.2, 0.25) is 5.02 Å². The van der Waals surface area contributed by atoms with Crippen LogP contribution >= 0.6 is 34.7 Å². The predicted octanol–water partition coefficient (Wildman–Crippen LogP) is 5.20. The Balaban J connectivity index is 1.96. The molecule has 1 aromatic heterocycles. The van der Waals surface area contributed by atoms with E-state index < -0.39 is 11.9 Å². The first-order valence-corrected chi connectivity index (χ1v) is 10.4. The third-order valence-corrected chi connectivity index (χ3v) is 6.45. The zero-order valence-corrected chi connectivity index (χ0v) is 17.2. The highest BCUT2D eigenvalue weighted by atomic mass is 35.5. The zero-order chi connectivity index (χ0) is 19.4. The van der Waals surface area contributed by atoms with Gasteiger partial charge in [-0.15, -0.1) is 23.1 Å². The molecule has 0 fully saturated rings. The molecule has 1 aliphatic heterocycles. The third-order valence-electron chi connectivity index (χ3n) is 4.18. The number of esters is 1. The second-order valence-corrected chi connectivity index (χ2v) is 8.27. The molecular weight excluding hydrogens is 400 g/mol. The van der Waals surface area contributed by atoms with Crippen molar-refractivity contribution in [3.05, 3.63) is 79.1 Å². The SMILES string of the molecule is COC(=O)C1=C(C)NC(SCc2ccc(Cl)cc2)=C(C#N)[C@@H]1c1cccs1. The van der Waals surface area contributed by atoms with E-state index in [0.29, 0.717) is 27.6 Å². The fourth-order valence-corrected chi connectivity index (χ4v) is 4.90. The third kappa shape index (κ3) is 4.22. The number of benzene rings is 1. The molecule has 0 unspecified atom stereocenters. The Hall–Kier alpha value is -2.20. The smallest absolute Gasteiger partial charge is 0.336 e. The van der Waals surface area contributed by atoms with Gasteiger partial charge in [-0.3, -0.25) is 0 Å². The van der Waals surface area contributed by atoms with E-state index >= 15 is 0 Å². The van der Waals surface area contributed by atoms with Gasteiger partial charge >= 0.3 is 5.97 Å². The molecule has 7 heteroatoms. The molecule has 0 amide bonds. The summed E-state index contributed by atoms with van der Waals surface area (Å²) in [6.07, 6.45) is 0. The normalized spacial score (nSPS) is 16.7. The maximum Gasteiger partial charge on any atom is 0.336 e. The molecule has 0 saturated heterocycles. The highest BCUT2D eigenvalue weighted by molar-refractivity contribution is 8.02. The van der Waals surface area contributed by atoms with Gasteiger partial charge in [0.15, 0.2) is 0 Å². The van der Waals surface area contributed by atoms with Gasteiger partial charge in [0, 0.05) is 21.3 Å². The maximum absolute atomic E-state index is 12.4. The van der Waals surface area contributed by atoms with Gasteiger partial charge in [-0.1, -0.05) is 29.8 Å². The first kappa shape index (κ1) is 19.6. The monoisotopic (exact) mass is 416 g/mol. The van der Waals surface area contributed by atoms with Crippen molar-refractivity contribution in [1.82, 2.24) is 5.32 Å². The molecule has 3 rings (SSSR count). The molecule has 0 aliphatic carbocycles. The van der Waals surface area contributed by atoms with Gasteiger partial charge in [-0.05, 0) is 36.1 Å². The topological polar surface area (TPSA) is 62.1 Å². The van der Waals surface area contributed by atoms with Crippen molar-refractivity contribution in [2.24, 2.45) is 0 Å². The molecule has 1 aliphatic rings. The number of rotatable bonds is 5. The van der Waals surface area contributed by atoms with Gasteiger partial charge in [0.05, 0.1) is 35.3 Å². The first-order chi connectivity index (χ1) is 13.0. The van der Waals surface area contributed by atoms with Gasteiger partial charge in [0.25, 0.3) is 0 Å². The Morgan fingerprint density at radius 3 is 2.70 bits per heavy atom. The molecule has 1 atom stereocenters. The predicted molar refractivity (Wildman–Crippen MR) is 110 cm³/mol. The quantitative estimate of drug-likeness (QED) is 0.678. The van der Waals surface area contributed by atoms with Gasteiger partial charge < -0.3 is 10.1 Å². The maximum atomic E-state index is 12.4. The molecular formula is C20H17ClN2O2S2. The lowest BCUT2D eigenvalue weighted by Gasteiger charge is -2.28. The van der Waals surface area contributed by atoms with Crippen LogP contribution in [0.5, 0.6) is 0 Å². The number of thiophene rings is 1. The Morgan fingerprint density at radius 2 is 2.11 bits per heavy atom. The Bertz CT molecular complexity index is 941. The number of nitrogens with zero attached hydrogens (tertiary/aromatic N) is 1. The van der Waals surface area contributed by atoms with Crippen LogP contribution in [-0.2, 0) is 15.3 Å². The van der Waals surface area contributed by atoms with Gasteiger partial charge in [0.2, 0.25) is 0 Å².